The lowest BCUT2D eigenvalue weighted by Gasteiger charge is -2.29. The molecule has 9 heteroatoms. The molecule has 170 valence electrons. The van der Waals surface area contributed by atoms with Gasteiger partial charge in [0.2, 0.25) is 0 Å². The first-order valence-corrected chi connectivity index (χ1v) is 11.6. The molecule has 1 saturated heterocycles. The highest BCUT2D eigenvalue weighted by Gasteiger charge is 2.24. The zero-order valence-corrected chi connectivity index (χ0v) is 20.0. The summed E-state index contributed by atoms with van der Waals surface area (Å²) in [7, 11) is 3.13. The first kappa shape index (κ1) is 22.8. The second-order valence-corrected chi connectivity index (χ2v) is 8.91. The van der Waals surface area contributed by atoms with E-state index in [1.165, 1.54) is 11.3 Å². The monoisotopic (exact) mass is 475 g/mol. The number of hydrogen-bond donors (Lipinski definition) is 0. The van der Waals surface area contributed by atoms with Crippen LogP contribution in [0.15, 0.2) is 30.3 Å². The molecule has 1 aliphatic rings. The minimum Gasteiger partial charge on any atom is -0.493 e. The molecule has 1 aliphatic heterocycles. The minimum atomic E-state index is -0.137. The van der Waals surface area contributed by atoms with E-state index >= 15 is 0 Å². The zero-order chi connectivity index (χ0) is 22.7. The van der Waals surface area contributed by atoms with Crippen molar-refractivity contribution in [1.82, 2.24) is 9.88 Å². The average Bonchev–Trinajstić information content (AvgIpc) is 3.26. The minimum absolute atomic E-state index is 0.137. The molecule has 2 heterocycles. The maximum atomic E-state index is 13.6. The molecule has 0 bridgehead atoms. The van der Waals surface area contributed by atoms with E-state index in [0.29, 0.717) is 47.0 Å². The number of anilines is 1. The van der Waals surface area contributed by atoms with Crippen LogP contribution in [0.2, 0.25) is 5.02 Å². The van der Waals surface area contributed by atoms with Gasteiger partial charge in [0.05, 0.1) is 37.6 Å². The number of carbonyl (C=O) groups excluding carboxylic acids is 1. The summed E-state index contributed by atoms with van der Waals surface area (Å²) in [6.45, 7) is 6.32. The van der Waals surface area contributed by atoms with Gasteiger partial charge < -0.3 is 14.2 Å². The molecule has 4 rings (SSSR count). The Labute approximate surface area is 196 Å². The number of rotatable bonds is 7. The van der Waals surface area contributed by atoms with Crippen LogP contribution in [-0.4, -0.2) is 69.4 Å². The molecule has 0 unspecified atom stereocenters. The molecule has 0 saturated carbocycles. The Morgan fingerprint density at radius 1 is 1.19 bits per heavy atom. The summed E-state index contributed by atoms with van der Waals surface area (Å²) in [4.78, 5) is 22.5. The molecule has 1 amide bonds. The predicted molar refractivity (Wildman–Crippen MR) is 128 cm³/mol. The Bertz CT molecular complexity index is 1110. The van der Waals surface area contributed by atoms with Crippen molar-refractivity contribution in [3.05, 3.63) is 46.5 Å². The number of thiazole rings is 1. The smallest absolute Gasteiger partial charge is 0.260 e. The predicted octanol–water partition coefficient (Wildman–Crippen LogP) is 4.25. The Morgan fingerprint density at radius 2 is 1.94 bits per heavy atom. The highest BCUT2D eigenvalue weighted by Crippen LogP contribution is 2.35. The van der Waals surface area contributed by atoms with Crippen LogP contribution < -0.4 is 14.4 Å². The van der Waals surface area contributed by atoms with Gasteiger partial charge in [-0.25, -0.2) is 4.98 Å². The molecule has 3 aromatic rings. The summed E-state index contributed by atoms with van der Waals surface area (Å²) in [5.41, 5.74) is 2.26. The summed E-state index contributed by atoms with van der Waals surface area (Å²) < 4.78 is 17.2. The second-order valence-electron chi connectivity index (χ2n) is 7.50. The van der Waals surface area contributed by atoms with Gasteiger partial charge in [0.25, 0.3) is 5.91 Å². The molecular weight excluding hydrogens is 450 g/mol. The van der Waals surface area contributed by atoms with Gasteiger partial charge in [-0.2, -0.15) is 0 Å². The van der Waals surface area contributed by atoms with Crippen LogP contribution in [0, 0.1) is 6.92 Å². The molecular formula is C23H26ClN3O4S. The number of fused-ring (bicyclic) bond motifs is 1. The van der Waals surface area contributed by atoms with Crippen molar-refractivity contribution in [2.24, 2.45) is 0 Å². The van der Waals surface area contributed by atoms with Gasteiger partial charge in [-0.1, -0.05) is 22.9 Å². The first-order valence-electron chi connectivity index (χ1n) is 10.4. The molecule has 0 spiro atoms. The Balaban J connectivity index is 1.68. The fourth-order valence-electron chi connectivity index (χ4n) is 3.68. The van der Waals surface area contributed by atoms with Crippen LogP contribution in [0.25, 0.3) is 10.2 Å². The third-order valence-corrected chi connectivity index (χ3v) is 7.04. The van der Waals surface area contributed by atoms with E-state index in [9.17, 15) is 4.79 Å². The quantitative estimate of drug-likeness (QED) is 0.509. The van der Waals surface area contributed by atoms with Gasteiger partial charge >= 0.3 is 0 Å². The molecule has 0 radical (unpaired) electrons. The normalized spacial score (nSPS) is 14.5. The molecule has 0 N–H and O–H groups in total. The van der Waals surface area contributed by atoms with E-state index in [1.54, 1.807) is 37.3 Å². The number of aromatic nitrogens is 1. The van der Waals surface area contributed by atoms with Gasteiger partial charge in [-0.15, -0.1) is 0 Å². The van der Waals surface area contributed by atoms with Crippen molar-refractivity contribution < 1.29 is 19.0 Å². The molecule has 32 heavy (non-hydrogen) atoms. The van der Waals surface area contributed by atoms with Crippen LogP contribution in [0.1, 0.15) is 15.9 Å². The number of methoxy groups -OCH3 is 2. The second kappa shape index (κ2) is 10.0. The zero-order valence-electron chi connectivity index (χ0n) is 18.4. The van der Waals surface area contributed by atoms with Crippen molar-refractivity contribution in [1.29, 1.82) is 0 Å². The van der Waals surface area contributed by atoms with E-state index in [0.717, 1.165) is 35.4 Å². The highest BCUT2D eigenvalue weighted by atomic mass is 35.5. The van der Waals surface area contributed by atoms with Crippen LogP contribution in [-0.2, 0) is 4.74 Å². The molecule has 0 atom stereocenters. The van der Waals surface area contributed by atoms with Gasteiger partial charge in [0.15, 0.2) is 16.6 Å². The van der Waals surface area contributed by atoms with Crippen molar-refractivity contribution in [2.75, 3.05) is 58.5 Å². The lowest BCUT2D eigenvalue weighted by atomic mass is 10.1. The average molecular weight is 476 g/mol. The fraction of sp³-hybridized carbons (Fsp3) is 0.391. The molecule has 0 aliphatic carbocycles. The maximum absolute atomic E-state index is 13.6. The Hall–Kier alpha value is -2.39. The topological polar surface area (TPSA) is 64.1 Å². The summed E-state index contributed by atoms with van der Waals surface area (Å²) in [5, 5.41) is 1.32. The summed E-state index contributed by atoms with van der Waals surface area (Å²) in [6.07, 6.45) is 0. The number of aryl methyl sites for hydroxylation is 1. The third kappa shape index (κ3) is 4.68. The summed E-state index contributed by atoms with van der Waals surface area (Å²) in [6, 6.07) is 9.02. The van der Waals surface area contributed by atoms with Crippen LogP contribution >= 0.6 is 22.9 Å². The number of hydrogen-bond acceptors (Lipinski definition) is 7. The van der Waals surface area contributed by atoms with Crippen LogP contribution in [0.5, 0.6) is 11.5 Å². The molecule has 1 aromatic heterocycles. The van der Waals surface area contributed by atoms with Gasteiger partial charge in [0.1, 0.15) is 0 Å². The van der Waals surface area contributed by atoms with E-state index < -0.39 is 0 Å². The Kier molecular flexibility index (Phi) is 7.15. The lowest BCUT2D eigenvalue weighted by molar-refractivity contribution is 0.0391. The maximum Gasteiger partial charge on any atom is 0.260 e. The van der Waals surface area contributed by atoms with E-state index in [4.69, 9.17) is 30.8 Å². The first-order chi connectivity index (χ1) is 15.5. The number of amides is 1. The number of benzene rings is 2. The van der Waals surface area contributed by atoms with E-state index in [-0.39, 0.29) is 5.91 Å². The SMILES string of the molecule is COc1ccc(C(=O)N(CCN2CCOCC2)c2nc3c(C)c(Cl)ccc3s2)cc1OC. The molecule has 2 aromatic carbocycles. The summed E-state index contributed by atoms with van der Waals surface area (Å²) in [5.74, 6) is 0.953. The molecule has 1 fully saturated rings. The highest BCUT2D eigenvalue weighted by molar-refractivity contribution is 7.22. The third-order valence-electron chi connectivity index (χ3n) is 5.59. The van der Waals surface area contributed by atoms with Gasteiger partial charge in [0, 0.05) is 36.8 Å². The number of ether oxygens (including phenoxy) is 3. The van der Waals surface area contributed by atoms with Crippen molar-refractivity contribution in [3.8, 4) is 11.5 Å². The number of morpholine rings is 1. The molecule has 7 nitrogen and oxygen atoms in total. The van der Waals surface area contributed by atoms with Gasteiger partial charge in [-0.05, 0) is 42.8 Å². The van der Waals surface area contributed by atoms with Crippen LogP contribution in [0.4, 0.5) is 5.13 Å². The van der Waals surface area contributed by atoms with Crippen molar-refractivity contribution >= 4 is 44.2 Å². The largest absolute Gasteiger partial charge is 0.493 e. The van der Waals surface area contributed by atoms with Crippen LogP contribution in [0.3, 0.4) is 0 Å². The number of halogens is 1. The number of nitrogens with zero attached hydrogens (tertiary/aromatic N) is 3. The fourth-order valence-corrected chi connectivity index (χ4v) is 4.88. The van der Waals surface area contributed by atoms with Gasteiger partial charge in [-0.3, -0.25) is 14.6 Å². The Morgan fingerprint density at radius 3 is 2.66 bits per heavy atom. The van der Waals surface area contributed by atoms with E-state index in [1.807, 2.05) is 19.1 Å². The van der Waals surface area contributed by atoms with Crippen molar-refractivity contribution in [2.45, 2.75) is 6.92 Å². The van der Waals surface area contributed by atoms with Crippen molar-refractivity contribution in [3.63, 3.8) is 0 Å². The van der Waals surface area contributed by atoms with E-state index in [2.05, 4.69) is 4.90 Å². The lowest BCUT2D eigenvalue weighted by Crippen LogP contribution is -2.43. The standard InChI is InChI=1S/C23H26ClN3O4S/c1-15-17(24)5-7-20-21(15)25-23(32-20)27(9-8-26-10-12-31-13-11-26)22(28)16-4-6-18(29-2)19(14-16)30-3/h4-7,14H,8-13H2,1-3H3. The summed E-state index contributed by atoms with van der Waals surface area (Å²) >= 11 is 7.79. The number of carbonyl (C=O) groups is 1.